The van der Waals surface area contributed by atoms with E-state index in [0.29, 0.717) is 5.96 Å². The average molecular weight is 397 g/mol. The Morgan fingerprint density at radius 1 is 1.10 bits per heavy atom. The van der Waals surface area contributed by atoms with Crippen molar-refractivity contribution < 1.29 is 0 Å². The highest BCUT2D eigenvalue weighted by atomic mass is 127. The van der Waals surface area contributed by atoms with Crippen molar-refractivity contribution >= 4 is 29.9 Å². The summed E-state index contributed by atoms with van der Waals surface area (Å²) in [5, 5.41) is 3.17. The SMILES string of the molecule is CCCN=C(N)NCCCCN1CCN(CC)CC1.I. The molecule has 0 atom stereocenters. The van der Waals surface area contributed by atoms with Gasteiger partial charge in [-0.3, -0.25) is 4.99 Å². The molecule has 0 spiro atoms. The summed E-state index contributed by atoms with van der Waals surface area (Å²) >= 11 is 0. The zero-order valence-corrected chi connectivity index (χ0v) is 15.4. The number of unbranched alkanes of at least 4 members (excludes halogenated alkanes) is 1. The number of hydrogen-bond acceptors (Lipinski definition) is 3. The van der Waals surface area contributed by atoms with Gasteiger partial charge in [0.25, 0.3) is 0 Å². The van der Waals surface area contributed by atoms with Crippen LogP contribution in [0.4, 0.5) is 0 Å². The van der Waals surface area contributed by atoms with Crippen molar-refractivity contribution in [1.82, 2.24) is 15.1 Å². The number of nitrogens with two attached hydrogens (primary N) is 1. The van der Waals surface area contributed by atoms with E-state index < -0.39 is 0 Å². The van der Waals surface area contributed by atoms with Crippen LogP contribution in [-0.2, 0) is 0 Å². The van der Waals surface area contributed by atoms with E-state index in [1.54, 1.807) is 0 Å². The van der Waals surface area contributed by atoms with Crippen LogP contribution in [0.5, 0.6) is 0 Å². The third kappa shape index (κ3) is 8.97. The van der Waals surface area contributed by atoms with Gasteiger partial charge in [0, 0.05) is 39.3 Å². The number of halogens is 1. The second kappa shape index (κ2) is 12.6. The average Bonchev–Trinajstić information content (AvgIpc) is 2.45. The number of hydrogen-bond donors (Lipinski definition) is 2. The van der Waals surface area contributed by atoms with Crippen LogP contribution >= 0.6 is 24.0 Å². The molecule has 5 nitrogen and oxygen atoms in total. The van der Waals surface area contributed by atoms with E-state index >= 15 is 0 Å². The third-order valence-corrected chi connectivity index (χ3v) is 3.63. The number of aliphatic imine (C=N–C) groups is 1. The highest BCUT2D eigenvalue weighted by Gasteiger charge is 2.14. The number of likely N-dealkylation sites (N-methyl/N-ethyl adjacent to an activating group) is 1. The molecule has 0 radical (unpaired) electrons. The molecule has 20 heavy (non-hydrogen) atoms. The largest absolute Gasteiger partial charge is 0.370 e. The molecule has 1 aliphatic rings. The first-order valence-corrected chi connectivity index (χ1v) is 7.74. The summed E-state index contributed by atoms with van der Waals surface area (Å²) in [4.78, 5) is 9.30. The lowest BCUT2D eigenvalue weighted by Gasteiger charge is -2.33. The van der Waals surface area contributed by atoms with E-state index in [1.165, 1.54) is 45.7 Å². The van der Waals surface area contributed by atoms with Crippen LogP contribution in [0.15, 0.2) is 4.99 Å². The van der Waals surface area contributed by atoms with Gasteiger partial charge in [0.1, 0.15) is 0 Å². The van der Waals surface area contributed by atoms with E-state index in [1.807, 2.05) is 0 Å². The van der Waals surface area contributed by atoms with E-state index in [9.17, 15) is 0 Å². The predicted octanol–water partition coefficient (Wildman–Crippen LogP) is 1.34. The molecule has 0 aliphatic carbocycles. The van der Waals surface area contributed by atoms with Crippen LogP contribution in [0.1, 0.15) is 33.1 Å². The van der Waals surface area contributed by atoms with Crippen LogP contribution < -0.4 is 11.1 Å². The predicted molar refractivity (Wildman–Crippen MR) is 98.0 cm³/mol. The van der Waals surface area contributed by atoms with Crippen molar-refractivity contribution in [3.05, 3.63) is 0 Å². The van der Waals surface area contributed by atoms with Crippen LogP contribution in [0.25, 0.3) is 0 Å². The zero-order valence-electron chi connectivity index (χ0n) is 13.1. The molecule has 0 aromatic carbocycles. The molecular formula is C14H32IN5. The second-order valence-corrected chi connectivity index (χ2v) is 5.18. The monoisotopic (exact) mass is 397 g/mol. The lowest BCUT2D eigenvalue weighted by atomic mass is 10.2. The topological polar surface area (TPSA) is 56.9 Å². The molecule has 0 unspecified atom stereocenters. The van der Waals surface area contributed by atoms with Crippen LogP contribution in [0, 0.1) is 0 Å². The maximum Gasteiger partial charge on any atom is 0.188 e. The number of nitrogens with one attached hydrogen (secondary N) is 1. The molecule has 120 valence electrons. The Balaban J connectivity index is 0.00000361. The van der Waals surface area contributed by atoms with Gasteiger partial charge >= 0.3 is 0 Å². The van der Waals surface area contributed by atoms with Gasteiger partial charge in [-0.2, -0.15) is 0 Å². The van der Waals surface area contributed by atoms with Crippen molar-refractivity contribution in [2.75, 3.05) is 52.4 Å². The van der Waals surface area contributed by atoms with Crippen LogP contribution in [0.2, 0.25) is 0 Å². The second-order valence-electron chi connectivity index (χ2n) is 5.18. The molecule has 0 aromatic rings. The van der Waals surface area contributed by atoms with Crippen molar-refractivity contribution in [2.24, 2.45) is 10.7 Å². The molecule has 0 aromatic heterocycles. The number of guanidine groups is 1. The van der Waals surface area contributed by atoms with Crippen LogP contribution in [0.3, 0.4) is 0 Å². The fraction of sp³-hybridized carbons (Fsp3) is 0.929. The van der Waals surface area contributed by atoms with E-state index in [-0.39, 0.29) is 24.0 Å². The fourth-order valence-corrected chi connectivity index (χ4v) is 2.29. The molecule has 3 N–H and O–H groups in total. The Hall–Kier alpha value is -0.0800. The lowest BCUT2D eigenvalue weighted by Crippen LogP contribution is -2.46. The number of piperazine rings is 1. The van der Waals surface area contributed by atoms with Crippen molar-refractivity contribution in [3.8, 4) is 0 Å². The molecule has 1 fully saturated rings. The summed E-state index contributed by atoms with van der Waals surface area (Å²) in [6, 6.07) is 0. The van der Waals surface area contributed by atoms with Gasteiger partial charge < -0.3 is 20.9 Å². The minimum Gasteiger partial charge on any atom is -0.370 e. The summed E-state index contributed by atoms with van der Waals surface area (Å²) in [6.07, 6.45) is 3.45. The van der Waals surface area contributed by atoms with E-state index in [0.717, 1.165) is 25.9 Å². The van der Waals surface area contributed by atoms with E-state index in [2.05, 4.69) is 34.0 Å². The molecule has 1 aliphatic heterocycles. The van der Waals surface area contributed by atoms with Crippen molar-refractivity contribution in [2.45, 2.75) is 33.1 Å². The Bertz CT molecular complexity index is 252. The number of nitrogens with zero attached hydrogens (tertiary/aromatic N) is 3. The minimum atomic E-state index is 0. The summed E-state index contributed by atoms with van der Waals surface area (Å²) in [5.41, 5.74) is 5.74. The first kappa shape index (κ1) is 19.9. The summed E-state index contributed by atoms with van der Waals surface area (Å²) in [7, 11) is 0. The molecule has 0 amide bonds. The molecule has 0 saturated carbocycles. The highest BCUT2D eigenvalue weighted by molar-refractivity contribution is 14.0. The summed E-state index contributed by atoms with van der Waals surface area (Å²) in [6.45, 7) is 13.4. The molecule has 1 rings (SSSR count). The molecule has 0 bridgehead atoms. The van der Waals surface area contributed by atoms with Crippen molar-refractivity contribution in [1.29, 1.82) is 0 Å². The zero-order chi connectivity index (χ0) is 13.9. The molecule has 1 saturated heterocycles. The Morgan fingerprint density at radius 3 is 2.35 bits per heavy atom. The first-order chi connectivity index (χ1) is 9.26. The fourth-order valence-electron chi connectivity index (χ4n) is 2.29. The smallest absolute Gasteiger partial charge is 0.188 e. The quantitative estimate of drug-likeness (QED) is 0.281. The van der Waals surface area contributed by atoms with E-state index in [4.69, 9.17) is 5.73 Å². The minimum absolute atomic E-state index is 0. The van der Waals surface area contributed by atoms with Crippen molar-refractivity contribution in [3.63, 3.8) is 0 Å². The lowest BCUT2D eigenvalue weighted by molar-refractivity contribution is 0.136. The normalized spacial score (nSPS) is 17.8. The summed E-state index contributed by atoms with van der Waals surface area (Å²) in [5.74, 6) is 0.596. The van der Waals surface area contributed by atoms with Gasteiger partial charge in [-0.1, -0.05) is 13.8 Å². The first-order valence-electron chi connectivity index (χ1n) is 7.74. The third-order valence-electron chi connectivity index (χ3n) is 3.63. The van der Waals surface area contributed by atoms with Crippen LogP contribution in [-0.4, -0.2) is 68.1 Å². The van der Waals surface area contributed by atoms with Gasteiger partial charge in [0.05, 0.1) is 0 Å². The summed E-state index contributed by atoms with van der Waals surface area (Å²) < 4.78 is 0. The Morgan fingerprint density at radius 2 is 1.75 bits per heavy atom. The van der Waals surface area contributed by atoms with Gasteiger partial charge in [0.2, 0.25) is 0 Å². The molecule has 1 heterocycles. The van der Waals surface area contributed by atoms with Gasteiger partial charge in [0.15, 0.2) is 5.96 Å². The highest BCUT2D eigenvalue weighted by Crippen LogP contribution is 2.02. The maximum absolute atomic E-state index is 5.74. The standard InChI is InChI=1S/C14H31N5.HI/c1-3-7-16-14(15)17-8-5-6-9-19-12-10-18(4-2)11-13-19;/h3-13H2,1-2H3,(H3,15,16,17);1H. The number of rotatable bonds is 8. The maximum atomic E-state index is 5.74. The molecular weight excluding hydrogens is 365 g/mol. The van der Waals surface area contributed by atoms with Gasteiger partial charge in [-0.25, -0.2) is 0 Å². The Labute approximate surface area is 141 Å². The van der Waals surface area contributed by atoms with Gasteiger partial charge in [-0.15, -0.1) is 24.0 Å². The molecule has 6 heteroatoms. The Kier molecular flexibility index (Phi) is 12.6. The van der Waals surface area contributed by atoms with Gasteiger partial charge in [-0.05, 0) is 32.4 Å².